The second-order valence-electron chi connectivity index (χ2n) is 6.47. The molecule has 0 saturated heterocycles. The summed E-state index contributed by atoms with van der Waals surface area (Å²) in [5.74, 6) is -0.292. The van der Waals surface area contributed by atoms with Gasteiger partial charge in [-0.25, -0.2) is 22.0 Å². The monoisotopic (exact) mass is 425 g/mol. The van der Waals surface area contributed by atoms with Crippen LogP contribution in [0.1, 0.15) is 29.8 Å². The number of rotatable bonds is 8. The summed E-state index contributed by atoms with van der Waals surface area (Å²) < 4.78 is 48.6. The van der Waals surface area contributed by atoms with E-state index in [2.05, 4.69) is 10.0 Å². The van der Waals surface area contributed by atoms with Gasteiger partial charge in [-0.2, -0.15) is 0 Å². The third kappa shape index (κ3) is 6.04. The van der Waals surface area contributed by atoms with E-state index in [1.807, 2.05) is 0 Å². The van der Waals surface area contributed by atoms with Crippen molar-refractivity contribution in [1.29, 1.82) is 0 Å². The van der Waals surface area contributed by atoms with Gasteiger partial charge in [0.05, 0.1) is 10.1 Å². The molecule has 0 saturated carbocycles. The second-order valence-corrected chi connectivity index (χ2v) is 10.3. The Labute approximate surface area is 165 Å². The topological polar surface area (TPSA) is 135 Å². The van der Waals surface area contributed by atoms with Crippen LogP contribution in [0.25, 0.3) is 0 Å². The predicted molar refractivity (Wildman–Crippen MR) is 108 cm³/mol. The third-order valence-electron chi connectivity index (χ3n) is 3.98. The molecule has 0 atom stereocenters. The van der Waals surface area contributed by atoms with Gasteiger partial charge in [0.2, 0.25) is 20.0 Å². The molecule has 8 nitrogen and oxygen atoms in total. The molecule has 152 valence electrons. The Bertz CT molecular complexity index is 1030. The van der Waals surface area contributed by atoms with Gasteiger partial charge in [0, 0.05) is 17.8 Å². The minimum absolute atomic E-state index is 0.0356. The molecular formula is C18H23N3O5S2. The number of benzene rings is 2. The largest absolute Gasteiger partial charge is 0.352 e. The summed E-state index contributed by atoms with van der Waals surface area (Å²) in [6.45, 7) is 3.51. The summed E-state index contributed by atoms with van der Waals surface area (Å²) in [7, 11) is -7.16. The van der Waals surface area contributed by atoms with E-state index in [9.17, 15) is 21.6 Å². The van der Waals surface area contributed by atoms with Crippen molar-refractivity contribution in [2.75, 3.05) is 11.3 Å². The minimum Gasteiger partial charge on any atom is -0.352 e. The van der Waals surface area contributed by atoms with Crippen molar-refractivity contribution in [3.05, 3.63) is 59.7 Å². The van der Waals surface area contributed by atoms with Crippen LogP contribution in [0.2, 0.25) is 0 Å². The maximum Gasteiger partial charge on any atom is 0.251 e. The molecule has 0 bridgehead atoms. The molecule has 2 aromatic rings. The van der Waals surface area contributed by atoms with Gasteiger partial charge in [-0.1, -0.05) is 12.1 Å². The zero-order valence-corrected chi connectivity index (χ0v) is 17.2. The Hall–Kier alpha value is -2.43. The summed E-state index contributed by atoms with van der Waals surface area (Å²) >= 11 is 0. The summed E-state index contributed by atoms with van der Waals surface area (Å²) in [4.78, 5) is 12.2. The lowest BCUT2D eigenvalue weighted by atomic mass is 10.1. The molecule has 2 aromatic carbocycles. The average molecular weight is 426 g/mol. The van der Waals surface area contributed by atoms with Gasteiger partial charge in [0.25, 0.3) is 5.91 Å². The molecular weight excluding hydrogens is 402 g/mol. The maximum atomic E-state index is 12.2. The van der Waals surface area contributed by atoms with Gasteiger partial charge in [0.1, 0.15) is 0 Å². The average Bonchev–Trinajstić information content (AvgIpc) is 2.61. The summed E-state index contributed by atoms with van der Waals surface area (Å²) in [5.41, 5.74) is 1.64. The fourth-order valence-corrected chi connectivity index (χ4v) is 3.46. The van der Waals surface area contributed by atoms with Crippen LogP contribution in [0.5, 0.6) is 0 Å². The molecule has 0 unspecified atom stereocenters. The predicted octanol–water partition coefficient (Wildman–Crippen LogP) is 1.46. The van der Waals surface area contributed by atoms with Gasteiger partial charge in [-0.05, 0) is 62.2 Å². The lowest BCUT2D eigenvalue weighted by Crippen LogP contribution is -2.26. The van der Waals surface area contributed by atoms with E-state index in [0.717, 1.165) is 5.56 Å². The highest BCUT2D eigenvalue weighted by atomic mass is 32.2. The molecule has 0 heterocycles. The van der Waals surface area contributed by atoms with Gasteiger partial charge in [0.15, 0.2) is 0 Å². The zero-order valence-electron chi connectivity index (χ0n) is 15.5. The van der Waals surface area contributed by atoms with Crippen LogP contribution in [0.3, 0.4) is 0 Å². The van der Waals surface area contributed by atoms with Gasteiger partial charge < -0.3 is 5.32 Å². The number of primary sulfonamides is 1. The lowest BCUT2D eigenvalue weighted by molar-refractivity contribution is 0.0954. The molecule has 2 rings (SSSR count). The molecule has 28 heavy (non-hydrogen) atoms. The number of amides is 1. The Morgan fingerprint density at radius 1 is 0.964 bits per heavy atom. The van der Waals surface area contributed by atoms with E-state index in [4.69, 9.17) is 5.14 Å². The van der Waals surface area contributed by atoms with E-state index in [1.165, 1.54) is 36.4 Å². The number of carbonyl (C=O) groups is 1. The normalized spacial score (nSPS) is 12.0. The first-order valence-corrected chi connectivity index (χ1v) is 11.6. The Morgan fingerprint density at radius 3 is 2.04 bits per heavy atom. The van der Waals surface area contributed by atoms with Crippen LogP contribution >= 0.6 is 0 Å². The number of anilines is 1. The molecule has 0 fully saturated rings. The standard InChI is InChI=1S/C18H23N3O5S2/c1-13(2)28(25,26)21-16-7-5-15(6-8-16)18(22)20-12-11-14-3-9-17(10-4-14)27(19,23)24/h3-10,13,21H,11-12H2,1-2H3,(H,20,22)(H2,19,23,24). The number of carbonyl (C=O) groups excluding carboxylic acids is 1. The molecule has 0 aliphatic rings. The van der Waals surface area contributed by atoms with Crippen LogP contribution in [0, 0.1) is 0 Å². The first kappa shape index (κ1) is 21.9. The Kier molecular flexibility index (Phi) is 6.81. The smallest absolute Gasteiger partial charge is 0.251 e. The number of hydrogen-bond acceptors (Lipinski definition) is 5. The van der Waals surface area contributed by atoms with E-state index in [0.29, 0.717) is 24.2 Å². The molecule has 0 aromatic heterocycles. The van der Waals surface area contributed by atoms with Crippen molar-refractivity contribution >= 4 is 31.6 Å². The first-order valence-electron chi connectivity index (χ1n) is 8.50. The number of nitrogens with one attached hydrogen (secondary N) is 2. The van der Waals surface area contributed by atoms with Crippen LogP contribution in [0.4, 0.5) is 5.69 Å². The molecule has 0 spiro atoms. The molecule has 4 N–H and O–H groups in total. The zero-order chi connectivity index (χ0) is 20.9. The van der Waals surface area contributed by atoms with E-state index < -0.39 is 25.3 Å². The van der Waals surface area contributed by atoms with Crippen molar-refractivity contribution in [2.24, 2.45) is 5.14 Å². The third-order valence-corrected chi connectivity index (χ3v) is 6.67. The maximum absolute atomic E-state index is 12.2. The number of sulfonamides is 2. The van der Waals surface area contributed by atoms with Crippen molar-refractivity contribution in [3.63, 3.8) is 0 Å². The van der Waals surface area contributed by atoms with E-state index in [-0.39, 0.29) is 10.8 Å². The highest BCUT2D eigenvalue weighted by Gasteiger charge is 2.15. The summed E-state index contributed by atoms with van der Waals surface area (Å²) in [6.07, 6.45) is 0.517. The van der Waals surface area contributed by atoms with Crippen LogP contribution in [-0.4, -0.2) is 34.5 Å². The quantitative estimate of drug-likeness (QED) is 0.588. The van der Waals surface area contributed by atoms with Crippen molar-refractivity contribution in [1.82, 2.24) is 5.32 Å². The Balaban J connectivity index is 1.89. The summed E-state index contributed by atoms with van der Waals surface area (Å²) in [5, 5.41) is 7.24. The van der Waals surface area contributed by atoms with Crippen molar-refractivity contribution in [3.8, 4) is 0 Å². The van der Waals surface area contributed by atoms with Crippen molar-refractivity contribution < 1.29 is 21.6 Å². The van der Waals surface area contributed by atoms with Gasteiger partial charge >= 0.3 is 0 Å². The first-order chi connectivity index (χ1) is 13.0. The second kappa shape index (κ2) is 8.72. The lowest BCUT2D eigenvalue weighted by Gasteiger charge is -2.11. The molecule has 0 aliphatic carbocycles. The highest BCUT2D eigenvalue weighted by Crippen LogP contribution is 2.14. The Morgan fingerprint density at radius 2 is 1.54 bits per heavy atom. The molecule has 0 radical (unpaired) electrons. The van der Waals surface area contributed by atoms with Crippen LogP contribution in [0.15, 0.2) is 53.4 Å². The SMILES string of the molecule is CC(C)S(=O)(=O)Nc1ccc(C(=O)NCCc2ccc(S(N)(=O)=O)cc2)cc1. The van der Waals surface area contributed by atoms with Crippen molar-refractivity contribution in [2.45, 2.75) is 30.4 Å². The fraction of sp³-hybridized carbons (Fsp3) is 0.278. The van der Waals surface area contributed by atoms with E-state index >= 15 is 0 Å². The highest BCUT2D eigenvalue weighted by molar-refractivity contribution is 7.93. The minimum atomic E-state index is -3.72. The van der Waals surface area contributed by atoms with Crippen LogP contribution < -0.4 is 15.2 Å². The van der Waals surface area contributed by atoms with Crippen LogP contribution in [-0.2, 0) is 26.5 Å². The van der Waals surface area contributed by atoms with Gasteiger partial charge in [-0.15, -0.1) is 0 Å². The van der Waals surface area contributed by atoms with Gasteiger partial charge in [-0.3, -0.25) is 9.52 Å². The number of nitrogens with two attached hydrogens (primary N) is 1. The molecule has 0 aliphatic heterocycles. The molecule has 10 heteroatoms. The summed E-state index contributed by atoms with van der Waals surface area (Å²) in [6, 6.07) is 12.3. The molecule has 1 amide bonds. The fourth-order valence-electron chi connectivity index (χ4n) is 2.24. The number of hydrogen-bond donors (Lipinski definition) is 3. The van der Waals surface area contributed by atoms with E-state index in [1.54, 1.807) is 26.0 Å².